The molecule has 1 N–H and O–H groups in total. The zero-order valence-corrected chi connectivity index (χ0v) is 35.8. The zero-order chi connectivity index (χ0) is 43.5. The maximum Gasteiger partial charge on any atom is 0.496 e. The van der Waals surface area contributed by atoms with Gasteiger partial charge >= 0.3 is 50.6 Å². The van der Waals surface area contributed by atoms with Crippen LogP contribution >= 0.6 is 0 Å². The van der Waals surface area contributed by atoms with E-state index in [1.165, 1.54) is 35.4 Å². The lowest BCUT2D eigenvalue weighted by Gasteiger charge is -2.41. The van der Waals surface area contributed by atoms with Gasteiger partial charge in [-0.1, -0.05) is 44.6 Å². The third-order valence-electron chi connectivity index (χ3n) is 10.6. The van der Waals surface area contributed by atoms with Crippen LogP contribution in [0.2, 0.25) is 31.2 Å². The van der Waals surface area contributed by atoms with Crippen molar-refractivity contribution in [1.82, 2.24) is 0 Å². The Kier molecular flexibility index (Phi) is 35.7. The molecule has 0 spiro atoms. The van der Waals surface area contributed by atoms with Crippen molar-refractivity contribution in [3.8, 4) is 0 Å². The fourth-order valence-corrected chi connectivity index (χ4v) is 11.2. The lowest BCUT2D eigenvalue weighted by Crippen LogP contribution is -2.59. The largest absolute Gasteiger partial charge is 0.496 e. The summed E-state index contributed by atoms with van der Waals surface area (Å²) in [5.41, 5.74) is -9.11. The quantitative estimate of drug-likeness (QED) is 0.0618. The SMILES string of the molecule is C.C.C.C.C.C.CCOCOC(CCC[Si](C)(OC)OC)(C(F)(F)F)C(F)(F)F.CO[Si](C)(OC)C1CC2CC(CC(O)(C(F)(F)F)C(F)(F)F)C1C2.CO[Si](C)(OC)OC. The molecule has 25 heteroatoms. The van der Waals surface area contributed by atoms with Gasteiger partial charge in [-0.3, -0.25) is 0 Å². The Labute approximate surface area is 361 Å². The van der Waals surface area contributed by atoms with Gasteiger partial charge < -0.3 is 45.6 Å². The summed E-state index contributed by atoms with van der Waals surface area (Å²) in [5, 5.41) is 9.48. The van der Waals surface area contributed by atoms with Gasteiger partial charge in [0.15, 0.2) is 0 Å². The van der Waals surface area contributed by atoms with Gasteiger partial charge in [-0.25, -0.2) is 0 Å². The van der Waals surface area contributed by atoms with Gasteiger partial charge in [-0.15, -0.1) is 0 Å². The fraction of sp³-hybridized carbons (Fsp3) is 1.00. The van der Waals surface area contributed by atoms with Crippen molar-refractivity contribution < 1.29 is 98.2 Å². The van der Waals surface area contributed by atoms with Gasteiger partial charge in [0.25, 0.3) is 11.2 Å². The minimum absolute atomic E-state index is 0. The third kappa shape index (κ3) is 19.0. The van der Waals surface area contributed by atoms with E-state index in [1.54, 1.807) is 34.4 Å². The fourth-order valence-electron chi connectivity index (χ4n) is 6.59. The number of aliphatic hydroxyl groups is 1. The molecular weight excluding hydrogens is 905 g/mol. The first-order valence-corrected chi connectivity index (χ1v) is 24.1. The number of hydrogen-bond acceptors (Lipinski definition) is 10. The smallest absolute Gasteiger partial charge is 0.398 e. The Morgan fingerprint density at radius 2 is 0.984 bits per heavy atom. The van der Waals surface area contributed by atoms with Crippen LogP contribution in [-0.4, -0.2) is 130 Å². The predicted octanol–water partition coefficient (Wildman–Crippen LogP) is 12.3. The standard InChI is InChI=1S/C14H22F6O3Si.C12H22F6O4Si.C4H12O3Si.6CH4/c1-22-24(3,23-2)11-6-8-4-9(10(11)5-8)7-12(21,13(15,16)17)14(18,19)20;1-5-21-9-22-10(11(13,14)15,12(16,17)18)7-6-8-23(4,19-2)20-3;1-5-8(4,6-2)7-3;;;;;;/h8-11,21H,4-7H2,1-3H3;5-9H2,1-4H3;1-4H3;6*1H4. The van der Waals surface area contributed by atoms with Crippen LogP contribution in [0.1, 0.15) is 90.0 Å². The summed E-state index contributed by atoms with van der Waals surface area (Å²) < 4.78 is 201. The topological polar surface area (TPSA) is 103 Å². The summed E-state index contributed by atoms with van der Waals surface area (Å²) in [6, 6.07) is -0.0358. The molecular formula is C36H80F12O10Si3. The molecule has 0 heterocycles. The van der Waals surface area contributed by atoms with Crippen LogP contribution in [0.5, 0.6) is 0 Å². The molecule has 2 aliphatic carbocycles. The average molecular weight is 985 g/mol. The van der Waals surface area contributed by atoms with E-state index in [4.69, 9.17) is 31.0 Å². The molecule has 2 fully saturated rings. The van der Waals surface area contributed by atoms with Crippen LogP contribution in [0.3, 0.4) is 0 Å². The lowest BCUT2D eigenvalue weighted by molar-refractivity contribution is -0.395. The van der Waals surface area contributed by atoms with Crippen molar-refractivity contribution in [2.24, 2.45) is 17.8 Å². The first-order valence-electron chi connectivity index (χ1n) is 16.9. The van der Waals surface area contributed by atoms with E-state index >= 15 is 0 Å². The minimum atomic E-state index is -5.76. The van der Waals surface area contributed by atoms with Gasteiger partial charge in [0.05, 0.1) is 0 Å². The van der Waals surface area contributed by atoms with E-state index in [-0.39, 0.29) is 81.0 Å². The van der Waals surface area contributed by atoms with Crippen molar-refractivity contribution in [3.63, 3.8) is 0 Å². The molecule has 4 atom stereocenters. The molecule has 4 unspecified atom stereocenters. The Hall–Kier alpha value is -0.589. The molecule has 2 aliphatic rings. The van der Waals surface area contributed by atoms with Crippen molar-refractivity contribution in [3.05, 3.63) is 0 Å². The van der Waals surface area contributed by atoms with E-state index in [0.29, 0.717) is 12.8 Å². The van der Waals surface area contributed by atoms with Crippen LogP contribution < -0.4 is 0 Å². The van der Waals surface area contributed by atoms with Crippen molar-refractivity contribution in [2.75, 3.05) is 63.2 Å². The van der Waals surface area contributed by atoms with Gasteiger partial charge in [0.1, 0.15) is 6.79 Å². The molecule has 380 valence electrons. The molecule has 10 nitrogen and oxygen atoms in total. The Morgan fingerprint density at radius 1 is 0.574 bits per heavy atom. The second-order valence-corrected chi connectivity index (χ2v) is 23.7. The molecule has 2 saturated carbocycles. The van der Waals surface area contributed by atoms with E-state index in [1.807, 2.05) is 6.55 Å². The molecule has 2 rings (SSSR count). The first-order chi connectivity index (χ1) is 24.9. The Bertz CT molecular complexity index is 1070. The summed E-state index contributed by atoms with van der Waals surface area (Å²) in [7, 11) is 2.66. The average Bonchev–Trinajstić information content (AvgIpc) is 3.70. The Morgan fingerprint density at radius 3 is 1.26 bits per heavy atom. The van der Waals surface area contributed by atoms with Gasteiger partial charge in [0.2, 0.25) is 0 Å². The van der Waals surface area contributed by atoms with E-state index < -0.39 is 93.8 Å². The summed E-state index contributed by atoms with van der Waals surface area (Å²) in [5.74, 6) is -1.13. The number of ether oxygens (including phenoxy) is 2. The van der Waals surface area contributed by atoms with Crippen LogP contribution in [0, 0.1) is 17.8 Å². The van der Waals surface area contributed by atoms with E-state index in [2.05, 4.69) is 9.47 Å². The van der Waals surface area contributed by atoms with Crippen molar-refractivity contribution in [1.29, 1.82) is 0 Å². The first kappa shape index (κ1) is 74.7. The molecule has 0 aromatic carbocycles. The molecule has 0 aromatic heterocycles. The van der Waals surface area contributed by atoms with Crippen molar-refractivity contribution >= 4 is 25.9 Å². The molecule has 0 aromatic rings. The number of halogens is 12. The zero-order valence-electron chi connectivity index (χ0n) is 32.8. The van der Waals surface area contributed by atoms with Gasteiger partial charge in [0, 0.05) is 68.5 Å². The highest BCUT2D eigenvalue weighted by Crippen LogP contribution is 2.61. The lowest BCUT2D eigenvalue weighted by atomic mass is 9.79. The van der Waals surface area contributed by atoms with Crippen LogP contribution in [-0.2, 0) is 40.5 Å². The molecule has 2 bridgehead atoms. The molecule has 0 saturated heterocycles. The highest BCUT2D eigenvalue weighted by atomic mass is 28.4. The van der Waals surface area contributed by atoms with Crippen molar-refractivity contribution in [2.45, 2.75) is 157 Å². The maximum absolute atomic E-state index is 13.1. The normalized spacial score (nSPS) is 19.5. The maximum atomic E-state index is 13.1. The van der Waals surface area contributed by atoms with Gasteiger partial charge in [-0.2, -0.15) is 52.7 Å². The number of hydrogen-bond donors (Lipinski definition) is 1. The Balaban J connectivity index is -0.000000150. The molecule has 0 amide bonds. The summed E-state index contributed by atoms with van der Waals surface area (Å²) >= 11 is 0. The number of alkyl halides is 12. The summed E-state index contributed by atoms with van der Waals surface area (Å²) in [4.78, 5) is 0. The molecule has 0 radical (unpaired) electrons. The highest BCUT2D eigenvalue weighted by Gasteiger charge is 2.73. The second kappa shape index (κ2) is 29.1. The third-order valence-corrected chi connectivity index (χ3v) is 19.4. The van der Waals surface area contributed by atoms with Crippen LogP contribution in [0.15, 0.2) is 0 Å². The van der Waals surface area contributed by atoms with Crippen LogP contribution in [0.4, 0.5) is 52.7 Å². The van der Waals surface area contributed by atoms with Gasteiger partial charge in [-0.05, 0) is 82.3 Å². The second-order valence-electron chi connectivity index (χ2n) is 13.5. The summed E-state index contributed by atoms with van der Waals surface area (Å²) in [6.07, 6.45) is -24.3. The summed E-state index contributed by atoms with van der Waals surface area (Å²) in [6.45, 7) is 5.42. The number of rotatable bonds is 18. The number of fused-ring (bicyclic) bond motifs is 2. The van der Waals surface area contributed by atoms with E-state index in [0.717, 1.165) is 0 Å². The molecule has 0 aliphatic heterocycles. The molecule has 61 heavy (non-hydrogen) atoms. The monoisotopic (exact) mass is 984 g/mol. The highest BCUT2D eigenvalue weighted by molar-refractivity contribution is 6.67. The van der Waals surface area contributed by atoms with E-state index in [9.17, 15) is 57.8 Å². The van der Waals surface area contributed by atoms with Crippen LogP contribution in [0.25, 0.3) is 0 Å². The minimum Gasteiger partial charge on any atom is -0.398 e. The predicted molar refractivity (Wildman–Crippen MR) is 221 cm³/mol.